The summed E-state index contributed by atoms with van der Waals surface area (Å²) >= 11 is 1.33. The number of nitrogens with one attached hydrogen (secondary N) is 1. The van der Waals surface area contributed by atoms with E-state index in [1.165, 1.54) is 36.8 Å². The Hall–Kier alpha value is -2.25. The van der Waals surface area contributed by atoms with Gasteiger partial charge in [-0.05, 0) is 23.8 Å². The third kappa shape index (κ3) is 4.37. The van der Waals surface area contributed by atoms with E-state index in [9.17, 15) is 9.59 Å². The fourth-order valence-electron chi connectivity index (χ4n) is 1.99. The van der Waals surface area contributed by atoms with Crippen LogP contribution in [0.1, 0.15) is 50.4 Å². The molecule has 122 valence electrons. The Kier molecular flexibility index (Phi) is 5.46. The first-order chi connectivity index (χ1) is 10.9. The molecule has 2 rings (SSSR count). The lowest BCUT2D eigenvalue weighted by Gasteiger charge is -2.08. The van der Waals surface area contributed by atoms with E-state index in [1.54, 1.807) is 6.07 Å². The molecule has 7 heteroatoms. The number of aromatic nitrogens is 1. The summed E-state index contributed by atoms with van der Waals surface area (Å²) in [6.45, 7) is 4.28. The molecule has 0 saturated carbocycles. The van der Waals surface area contributed by atoms with E-state index in [-0.39, 0.29) is 24.0 Å². The summed E-state index contributed by atoms with van der Waals surface area (Å²) in [6.07, 6.45) is 1.53. The third-order valence-electron chi connectivity index (χ3n) is 3.05. The monoisotopic (exact) mass is 334 g/mol. The average molecular weight is 334 g/mol. The number of rotatable bonds is 6. The van der Waals surface area contributed by atoms with Gasteiger partial charge in [-0.2, -0.15) is 0 Å². The van der Waals surface area contributed by atoms with Crippen molar-refractivity contribution in [2.75, 3.05) is 12.4 Å². The number of methoxy groups -OCH3 is 1. The first-order valence-electron chi connectivity index (χ1n) is 7.04. The van der Waals surface area contributed by atoms with Gasteiger partial charge in [-0.15, -0.1) is 11.3 Å². The number of hydrogen-bond acceptors (Lipinski definition) is 5. The summed E-state index contributed by atoms with van der Waals surface area (Å²) in [5.41, 5.74) is 1.19. The second-order valence-electron chi connectivity index (χ2n) is 5.33. The normalized spacial score (nSPS) is 10.8. The molecule has 0 saturated heterocycles. The Labute approximate surface area is 138 Å². The number of anilines is 1. The second-order valence-corrected chi connectivity index (χ2v) is 6.39. The maximum absolute atomic E-state index is 12.3. The van der Waals surface area contributed by atoms with E-state index in [1.807, 2.05) is 13.8 Å². The summed E-state index contributed by atoms with van der Waals surface area (Å²) < 4.78 is 5.02. The molecule has 0 aliphatic heterocycles. The van der Waals surface area contributed by atoms with Crippen LogP contribution in [0.25, 0.3) is 0 Å². The van der Waals surface area contributed by atoms with Gasteiger partial charge in [0.15, 0.2) is 0 Å². The van der Waals surface area contributed by atoms with Gasteiger partial charge in [0.05, 0.1) is 23.4 Å². The summed E-state index contributed by atoms with van der Waals surface area (Å²) in [6, 6.07) is 4.63. The second kappa shape index (κ2) is 7.34. The van der Waals surface area contributed by atoms with Crippen molar-refractivity contribution in [1.29, 1.82) is 0 Å². The molecule has 1 aromatic carbocycles. The van der Waals surface area contributed by atoms with Gasteiger partial charge < -0.3 is 15.2 Å². The zero-order valence-corrected chi connectivity index (χ0v) is 13.9. The summed E-state index contributed by atoms with van der Waals surface area (Å²) in [7, 11) is 1.52. The number of carboxylic acid groups (broad SMARTS) is 1. The summed E-state index contributed by atoms with van der Waals surface area (Å²) in [4.78, 5) is 28.2. The number of carbonyl (C=O) groups is 2. The van der Waals surface area contributed by atoms with Crippen LogP contribution in [0.2, 0.25) is 0 Å². The smallest absolute Gasteiger partial charge is 0.335 e. The number of carboxylic acids is 1. The molecular formula is C16H18N2O4S. The van der Waals surface area contributed by atoms with Crippen LogP contribution in [-0.2, 0) is 11.3 Å². The lowest BCUT2D eigenvalue weighted by atomic mass is 10.1. The molecule has 1 amide bonds. The van der Waals surface area contributed by atoms with E-state index < -0.39 is 5.97 Å². The highest BCUT2D eigenvalue weighted by atomic mass is 32.1. The molecule has 0 radical (unpaired) electrons. The topological polar surface area (TPSA) is 88.5 Å². The van der Waals surface area contributed by atoms with Crippen molar-refractivity contribution < 1.29 is 19.4 Å². The highest BCUT2D eigenvalue weighted by Gasteiger charge is 2.14. The maximum Gasteiger partial charge on any atom is 0.335 e. The van der Waals surface area contributed by atoms with Crippen LogP contribution in [0.4, 0.5) is 5.69 Å². The minimum atomic E-state index is -1.06. The quantitative estimate of drug-likeness (QED) is 0.845. The number of nitrogens with zero attached hydrogens (tertiary/aromatic N) is 1. The van der Waals surface area contributed by atoms with Gasteiger partial charge in [0.2, 0.25) is 0 Å². The van der Waals surface area contributed by atoms with Gasteiger partial charge in [0.1, 0.15) is 4.88 Å². The Morgan fingerprint density at radius 1 is 1.35 bits per heavy atom. The van der Waals surface area contributed by atoms with E-state index >= 15 is 0 Å². The van der Waals surface area contributed by atoms with Crippen LogP contribution in [0.15, 0.2) is 24.4 Å². The zero-order chi connectivity index (χ0) is 17.0. The first-order valence-corrected chi connectivity index (χ1v) is 7.85. The number of thiazole rings is 1. The largest absolute Gasteiger partial charge is 0.478 e. The number of amides is 1. The molecule has 0 fully saturated rings. The molecule has 0 atom stereocenters. The predicted octanol–water partition coefficient (Wildman–Crippen LogP) is 3.36. The molecule has 0 aliphatic rings. The van der Waals surface area contributed by atoms with E-state index in [2.05, 4.69) is 10.3 Å². The lowest BCUT2D eigenvalue weighted by molar-refractivity contribution is 0.0696. The zero-order valence-electron chi connectivity index (χ0n) is 13.1. The number of benzene rings is 1. The van der Waals surface area contributed by atoms with Crippen LogP contribution < -0.4 is 5.32 Å². The van der Waals surface area contributed by atoms with Crippen LogP contribution in [0, 0.1) is 0 Å². The number of carbonyl (C=O) groups excluding carboxylic acids is 1. The van der Waals surface area contributed by atoms with Crippen molar-refractivity contribution in [3.63, 3.8) is 0 Å². The SMILES string of the molecule is COCc1cc(NC(=O)c2cnc(C(C)C)s2)cc(C(=O)O)c1. The fraction of sp³-hybridized carbons (Fsp3) is 0.312. The molecule has 2 N–H and O–H groups in total. The van der Waals surface area contributed by atoms with Crippen molar-refractivity contribution in [3.8, 4) is 0 Å². The Morgan fingerprint density at radius 2 is 2.09 bits per heavy atom. The van der Waals surface area contributed by atoms with Gasteiger partial charge >= 0.3 is 5.97 Å². The Balaban J connectivity index is 2.23. The fourth-order valence-corrected chi connectivity index (χ4v) is 2.81. The van der Waals surface area contributed by atoms with Gasteiger partial charge in [-0.25, -0.2) is 9.78 Å². The molecule has 23 heavy (non-hydrogen) atoms. The summed E-state index contributed by atoms with van der Waals surface area (Å²) in [5.74, 6) is -1.11. The van der Waals surface area contributed by atoms with E-state index in [0.717, 1.165) is 5.01 Å². The molecule has 2 aromatic rings. The standard InChI is InChI=1S/C16H18N2O4S/c1-9(2)15-17-7-13(23-15)14(19)18-12-5-10(8-22-3)4-11(6-12)16(20)21/h4-7,9H,8H2,1-3H3,(H,18,19)(H,20,21). The van der Waals surface area contributed by atoms with E-state index in [0.29, 0.717) is 16.1 Å². The molecule has 0 unspecified atom stereocenters. The predicted molar refractivity (Wildman–Crippen MR) is 88.3 cm³/mol. The third-order valence-corrected chi connectivity index (χ3v) is 4.35. The van der Waals surface area contributed by atoms with Gasteiger partial charge in [-0.3, -0.25) is 4.79 Å². The maximum atomic E-state index is 12.3. The van der Waals surface area contributed by atoms with Gasteiger partial charge in [0, 0.05) is 18.7 Å². The van der Waals surface area contributed by atoms with Crippen molar-refractivity contribution >= 4 is 28.9 Å². The first kappa shape index (κ1) is 17.1. The van der Waals surface area contributed by atoms with Crippen molar-refractivity contribution in [2.45, 2.75) is 26.4 Å². The molecule has 0 bridgehead atoms. The van der Waals surface area contributed by atoms with E-state index in [4.69, 9.17) is 9.84 Å². The van der Waals surface area contributed by atoms with Crippen molar-refractivity contribution in [2.24, 2.45) is 0 Å². The van der Waals surface area contributed by atoms with Crippen LogP contribution in [0.3, 0.4) is 0 Å². The molecule has 6 nitrogen and oxygen atoms in total. The van der Waals surface area contributed by atoms with Crippen LogP contribution in [-0.4, -0.2) is 29.1 Å². The minimum absolute atomic E-state index is 0.0991. The lowest BCUT2D eigenvalue weighted by Crippen LogP contribution is -2.11. The number of ether oxygens (including phenoxy) is 1. The number of hydrogen-bond donors (Lipinski definition) is 2. The highest BCUT2D eigenvalue weighted by molar-refractivity contribution is 7.13. The average Bonchev–Trinajstić information content (AvgIpc) is 2.97. The molecule has 0 spiro atoms. The van der Waals surface area contributed by atoms with Crippen LogP contribution in [0.5, 0.6) is 0 Å². The molecular weight excluding hydrogens is 316 g/mol. The van der Waals surface area contributed by atoms with Gasteiger partial charge in [0.25, 0.3) is 5.91 Å². The van der Waals surface area contributed by atoms with Gasteiger partial charge in [-0.1, -0.05) is 13.8 Å². The molecule has 0 aliphatic carbocycles. The minimum Gasteiger partial charge on any atom is -0.478 e. The van der Waals surface area contributed by atoms with Crippen molar-refractivity contribution in [3.05, 3.63) is 45.4 Å². The van der Waals surface area contributed by atoms with Crippen LogP contribution >= 0.6 is 11.3 Å². The molecule has 1 aromatic heterocycles. The highest BCUT2D eigenvalue weighted by Crippen LogP contribution is 2.23. The Bertz CT molecular complexity index is 725. The molecule has 1 heterocycles. The Morgan fingerprint density at radius 3 is 2.65 bits per heavy atom. The summed E-state index contributed by atoms with van der Waals surface area (Å²) in [5, 5.41) is 12.8. The van der Waals surface area contributed by atoms with Crippen molar-refractivity contribution in [1.82, 2.24) is 4.98 Å². The number of aromatic carboxylic acids is 1.